The molecule has 1 saturated carbocycles. The van der Waals surface area contributed by atoms with Gasteiger partial charge in [0.1, 0.15) is 0 Å². The average molecular weight is 197 g/mol. The molecule has 1 aliphatic carbocycles. The Bertz CT molecular complexity index is 197. The van der Waals surface area contributed by atoms with Gasteiger partial charge in [-0.15, -0.1) is 0 Å². The lowest BCUT2D eigenvalue weighted by molar-refractivity contribution is 0.0709. The third kappa shape index (κ3) is 2.50. The summed E-state index contributed by atoms with van der Waals surface area (Å²) < 4.78 is 0. The molecule has 0 amide bonds. The van der Waals surface area contributed by atoms with E-state index in [4.69, 9.17) is 5.73 Å². The van der Waals surface area contributed by atoms with E-state index in [0.29, 0.717) is 11.3 Å². The van der Waals surface area contributed by atoms with Crippen molar-refractivity contribution < 1.29 is 0 Å². The van der Waals surface area contributed by atoms with Gasteiger partial charge >= 0.3 is 0 Å². The summed E-state index contributed by atoms with van der Waals surface area (Å²) in [5.41, 5.74) is 7.11. The Morgan fingerprint density at radius 2 is 1.93 bits per heavy atom. The van der Waals surface area contributed by atoms with Crippen LogP contribution in [0.5, 0.6) is 0 Å². The topological polar surface area (TPSA) is 26.0 Å². The van der Waals surface area contributed by atoms with Crippen molar-refractivity contribution in [2.24, 2.45) is 23.0 Å². The van der Waals surface area contributed by atoms with Crippen LogP contribution in [-0.2, 0) is 0 Å². The van der Waals surface area contributed by atoms with Crippen molar-refractivity contribution >= 4 is 0 Å². The number of nitrogens with two attached hydrogens (primary N) is 1. The van der Waals surface area contributed by atoms with Gasteiger partial charge in [-0.2, -0.15) is 0 Å². The van der Waals surface area contributed by atoms with Gasteiger partial charge in [-0.05, 0) is 36.5 Å². The normalized spacial score (nSPS) is 39.4. The van der Waals surface area contributed by atoms with Crippen LogP contribution in [0.2, 0.25) is 0 Å². The Morgan fingerprint density at radius 3 is 2.36 bits per heavy atom. The number of rotatable bonds is 2. The molecule has 0 spiro atoms. The summed E-state index contributed by atoms with van der Waals surface area (Å²) in [6.07, 6.45) is 4.95. The maximum atomic E-state index is 6.58. The third-order valence-corrected chi connectivity index (χ3v) is 4.03. The molecular weight excluding hydrogens is 170 g/mol. The Hall–Kier alpha value is -0.0400. The Morgan fingerprint density at radius 1 is 1.36 bits per heavy atom. The molecule has 14 heavy (non-hydrogen) atoms. The predicted molar refractivity (Wildman–Crippen MR) is 63.2 cm³/mol. The lowest BCUT2D eigenvalue weighted by Crippen LogP contribution is -2.53. The van der Waals surface area contributed by atoms with Gasteiger partial charge in [-0.1, -0.05) is 41.0 Å². The number of hydrogen-bond acceptors (Lipinski definition) is 1. The molecule has 0 saturated heterocycles. The van der Waals surface area contributed by atoms with Gasteiger partial charge in [-0.25, -0.2) is 0 Å². The van der Waals surface area contributed by atoms with Gasteiger partial charge in [0.15, 0.2) is 0 Å². The molecule has 0 radical (unpaired) electrons. The fourth-order valence-electron chi connectivity index (χ4n) is 3.48. The van der Waals surface area contributed by atoms with Crippen molar-refractivity contribution in [1.82, 2.24) is 0 Å². The molecule has 3 unspecified atom stereocenters. The Labute approximate surface area is 89.5 Å². The summed E-state index contributed by atoms with van der Waals surface area (Å²) in [5.74, 6) is 1.45. The Balaban J connectivity index is 2.78. The van der Waals surface area contributed by atoms with Crippen LogP contribution in [0.1, 0.15) is 60.3 Å². The van der Waals surface area contributed by atoms with Gasteiger partial charge in [0.2, 0.25) is 0 Å². The first-order valence-electron chi connectivity index (χ1n) is 6.08. The first-order valence-corrected chi connectivity index (χ1v) is 6.08. The van der Waals surface area contributed by atoms with E-state index in [2.05, 4.69) is 34.6 Å². The highest BCUT2D eigenvalue weighted by atomic mass is 14.8. The van der Waals surface area contributed by atoms with Crippen LogP contribution in [-0.4, -0.2) is 5.54 Å². The maximum absolute atomic E-state index is 6.58. The zero-order chi connectivity index (χ0) is 11.0. The van der Waals surface area contributed by atoms with Crippen molar-refractivity contribution in [3.63, 3.8) is 0 Å². The van der Waals surface area contributed by atoms with E-state index >= 15 is 0 Å². The van der Waals surface area contributed by atoms with Crippen molar-refractivity contribution in [3.8, 4) is 0 Å². The van der Waals surface area contributed by atoms with E-state index in [0.717, 1.165) is 5.92 Å². The largest absolute Gasteiger partial charge is 0.325 e. The lowest BCUT2D eigenvalue weighted by atomic mass is 9.60. The highest BCUT2D eigenvalue weighted by molar-refractivity contribution is 4.99. The summed E-state index contributed by atoms with van der Waals surface area (Å²) in [6, 6.07) is 0. The molecule has 1 rings (SSSR count). The summed E-state index contributed by atoms with van der Waals surface area (Å²) in [5, 5.41) is 0. The molecule has 84 valence electrons. The molecule has 0 bridgehead atoms. The highest BCUT2D eigenvalue weighted by Gasteiger charge is 2.42. The Kier molecular flexibility index (Phi) is 3.30. The molecule has 0 aliphatic heterocycles. The summed E-state index contributed by atoms with van der Waals surface area (Å²) in [4.78, 5) is 0. The SMILES string of the molecule is CCC(C)C1(N)CC(C)CC(C)(C)C1. The van der Waals surface area contributed by atoms with Crippen LogP contribution in [0.25, 0.3) is 0 Å². The minimum atomic E-state index is 0.0932. The molecule has 0 aromatic carbocycles. The fourth-order valence-corrected chi connectivity index (χ4v) is 3.48. The smallest absolute Gasteiger partial charge is 0.0187 e. The van der Waals surface area contributed by atoms with Crippen molar-refractivity contribution in [3.05, 3.63) is 0 Å². The van der Waals surface area contributed by atoms with Crippen molar-refractivity contribution in [2.45, 2.75) is 65.8 Å². The van der Waals surface area contributed by atoms with E-state index in [1.54, 1.807) is 0 Å². The number of hydrogen-bond donors (Lipinski definition) is 1. The van der Waals surface area contributed by atoms with Crippen LogP contribution >= 0.6 is 0 Å². The second kappa shape index (κ2) is 3.84. The van der Waals surface area contributed by atoms with E-state index in [9.17, 15) is 0 Å². The molecule has 1 nitrogen and oxygen atoms in total. The molecule has 3 atom stereocenters. The van der Waals surface area contributed by atoms with Gasteiger partial charge in [0, 0.05) is 5.54 Å². The first-order chi connectivity index (χ1) is 6.29. The molecule has 2 N–H and O–H groups in total. The quantitative estimate of drug-likeness (QED) is 0.719. The second-order valence-electron chi connectivity index (χ2n) is 6.40. The standard InChI is InChI=1S/C13H27N/c1-6-11(3)13(14)8-10(2)7-12(4,5)9-13/h10-11H,6-9,14H2,1-5H3. The van der Waals surface area contributed by atoms with Crippen molar-refractivity contribution in [1.29, 1.82) is 0 Å². The van der Waals surface area contributed by atoms with Crippen LogP contribution in [0.4, 0.5) is 0 Å². The minimum Gasteiger partial charge on any atom is -0.325 e. The molecule has 1 fully saturated rings. The van der Waals surface area contributed by atoms with Gasteiger partial charge in [0.05, 0.1) is 0 Å². The van der Waals surface area contributed by atoms with E-state index in [-0.39, 0.29) is 5.54 Å². The van der Waals surface area contributed by atoms with Crippen LogP contribution in [0, 0.1) is 17.3 Å². The van der Waals surface area contributed by atoms with Gasteiger partial charge < -0.3 is 5.73 Å². The molecule has 0 aromatic heterocycles. The maximum Gasteiger partial charge on any atom is 0.0187 e. The first kappa shape index (κ1) is 12.0. The molecule has 0 aromatic rings. The molecule has 0 heterocycles. The zero-order valence-corrected chi connectivity index (χ0v) is 10.6. The molecule has 1 heteroatoms. The second-order valence-corrected chi connectivity index (χ2v) is 6.40. The van der Waals surface area contributed by atoms with E-state index < -0.39 is 0 Å². The lowest BCUT2D eigenvalue weighted by Gasteiger charge is -2.48. The summed E-state index contributed by atoms with van der Waals surface area (Å²) in [7, 11) is 0. The average Bonchev–Trinajstić information content (AvgIpc) is 1.98. The van der Waals surface area contributed by atoms with E-state index in [1.807, 2.05) is 0 Å². The predicted octanol–water partition coefficient (Wildman–Crippen LogP) is 3.58. The zero-order valence-electron chi connectivity index (χ0n) is 10.6. The fraction of sp³-hybridized carbons (Fsp3) is 1.00. The van der Waals surface area contributed by atoms with Crippen molar-refractivity contribution in [2.75, 3.05) is 0 Å². The monoisotopic (exact) mass is 197 g/mol. The highest BCUT2D eigenvalue weighted by Crippen LogP contribution is 2.46. The van der Waals surface area contributed by atoms with E-state index in [1.165, 1.54) is 25.7 Å². The summed E-state index contributed by atoms with van der Waals surface area (Å²) >= 11 is 0. The van der Waals surface area contributed by atoms with Gasteiger partial charge in [-0.3, -0.25) is 0 Å². The van der Waals surface area contributed by atoms with Crippen LogP contribution < -0.4 is 5.73 Å². The summed E-state index contributed by atoms with van der Waals surface area (Å²) in [6.45, 7) is 11.7. The van der Waals surface area contributed by atoms with Crippen LogP contribution in [0.15, 0.2) is 0 Å². The third-order valence-electron chi connectivity index (χ3n) is 4.03. The minimum absolute atomic E-state index is 0.0932. The van der Waals surface area contributed by atoms with Gasteiger partial charge in [0.25, 0.3) is 0 Å². The molecular formula is C13H27N. The molecule has 1 aliphatic rings. The van der Waals surface area contributed by atoms with Crippen LogP contribution in [0.3, 0.4) is 0 Å².